The molecule has 0 spiro atoms. The molecule has 0 unspecified atom stereocenters. The van der Waals surface area contributed by atoms with Crippen molar-refractivity contribution in [3.05, 3.63) is 24.3 Å². The second-order valence-electron chi connectivity index (χ2n) is 4.19. The summed E-state index contributed by atoms with van der Waals surface area (Å²) in [6.45, 7) is 2.08. The second kappa shape index (κ2) is 14.2. The third kappa shape index (κ3) is 13.2. The van der Waals surface area contributed by atoms with Crippen molar-refractivity contribution in [1.82, 2.24) is 0 Å². The standard InChI is InChI=1S/C15H26O/c1-2-3-4-5-6-7-8-9-10-11-12-13-14-15-16/h2-3,13-15H,4-12H2,1H3. The maximum absolute atomic E-state index is 10.00. The molecule has 0 aromatic heterocycles. The van der Waals surface area contributed by atoms with Crippen LogP contribution in [0.2, 0.25) is 0 Å². The van der Waals surface area contributed by atoms with E-state index in [-0.39, 0.29) is 0 Å². The van der Waals surface area contributed by atoms with Gasteiger partial charge >= 0.3 is 0 Å². The van der Waals surface area contributed by atoms with Gasteiger partial charge in [-0.25, -0.2) is 0 Å². The lowest BCUT2D eigenvalue weighted by Crippen LogP contribution is -1.80. The van der Waals surface area contributed by atoms with E-state index in [9.17, 15) is 4.79 Å². The van der Waals surface area contributed by atoms with Gasteiger partial charge in [0.05, 0.1) is 0 Å². The van der Waals surface area contributed by atoms with Crippen LogP contribution in [0.1, 0.15) is 64.7 Å². The molecule has 0 saturated heterocycles. The molecule has 1 heteroatoms. The Morgan fingerprint density at radius 2 is 1.25 bits per heavy atom. The number of hydrogen-bond acceptors (Lipinski definition) is 1. The lowest BCUT2D eigenvalue weighted by molar-refractivity contribution is -0.104. The SMILES string of the molecule is CC=CCCCCCCCCCC=CC=O. The normalized spacial score (nSPS) is 11.6. The number of carbonyl (C=O) groups is 1. The molecule has 0 atom stereocenters. The molecule has 0 aliphatic rings. The van der Waals surface area contributed by atoms with Crippen LogP contribution in [-0.2, 0) is 4.79 Å². The Balaban J connectivity index is 2.98. The molecule has 0 aliphatic carbocycles. The second-order valence-corrected chi connectivity index (χ2v) is 4.19. The molecule has 0 amide bonds. The fourth-order valence-corrected chi connectivity index (χ4v) is 1.73. The van der Waals surface area contributed by atoms with Crippen molar-refractivity contribution in [2.75, 3.05) is 0 Å². The zero-order valence-corrected chi connectivity index (χ0v) is 10.7. The quantitative estimate of drug-likeness (QED) is 0.212. The fraction of sp³-hybridized carbons (Fsp3) is 0.667. The first-order chi connectivity index (χ1) is 7.91. The van der Waals surface area contributed by atoms with Crippen LogP contribution >= 0.6 is 0 Å². The van der Waals surface area contributed by atoms with Gasteiger partial charge in [-0.3, -0.25) is 4.79 Å². The van der Waals surface area contributed by atoms with E-state index >= 15 is 0 Å². The van der Waals surface area contributed by atoms with Crippen molar-refractivity contribution in [2.24, 2.45) is 0 Å². The Labute approximate surface area is 101 Å². The molecule has 0 radical (unpaired) electrons. The maximum Gasteiger partial charge on any atom is 0.142 e. The Hall–Kier alpha value is -0.850. The van der Waals surface area contributed by atoms with Crippen LogP contribution in [0.3, 0.4) is 0 Å². The molecule has 0 aliphatic heterocycles. The molecule has 92 valence electrons. The molecule has 0 saturated carbocycles. The summed E-state index contributed by atoms with van der Waals surface area (Å²) in [6, 6.07) is 0. The first kappa shape index (κ1) is 15.2. The zero-order valence-electron chi connectivity index (χ0n) is 10.7. The van der Waals surface area contributed by atoms with Crippen molar-refractivity contribution < 1.29 is 4.79 Å². The predicted molar refractivity (Wildman–Crippen MR) is 71.6 cm³/mol. The number of hydrogen-bond donors (Lipinski definition) is 0. The minimum atomic E-state index is 0.852. The summed E-state index contributed by atoms with van der Waals surface area (Å²) in [5.41, 5.74) is 0. The highest BCUT2D eigenvalue weighted by Crippen LogP contribution is 2.10. The molecule has 0 fully saturated rings. The number of unbranched alkanes of at least 4 members (excludes halogenated alkanes) is 8. The van der Waals surface area contributed by atoms with Gasteiger partial charge in [-0.05, 0) is 38.7 Å². The van der Waals surface area contributed by atoms with E-state index in [2.05, 4.69) is 19.1 Å². The molecule has 0 bridgehead atoms. The molecule has 0 aromatic rings. The summed E-state index contributed by atoms with van der Waals surface area (Å²) in [4.78, 5) is 10.00. The summed E-state index contributed by atoms with van der Waals surface area (Å²) in [6.07, 6.45) is 20.4. The average Bonchev–Trinajstić information content (AvgIpc) is 2.31. The van der Waals surface area contributed by atoms with E-state index < -0.39 is 0 Å². The van der Waals surface area contributed by atoms with Crippen LogP contribution < -0.4 is 0 Å². The van der Waals surface area contributed by atoms with Crippen LogP contribution in [-0.4, -0.2) is 6.29 Å². The van der Waals surface area contributed by atoms with Crippen molar-refractivity contribution in [3.63, 3.8) is 0 Å². The van der Waals surface area contributed by atoms with E-state index in [0.717, 1.165) is 12.7 Å². The zero-order chi connectivity index (χ0) is 11.9. The van der Waals surface area contributed by atoms with Gasteiger partial charge < -0.3 is 0 Å². The summed E-state index contributed by atoms with van der Waals surface area (Å²) in [5.74, 6) is 0. The van der Waals surface area contributed by atoms with Gasteiger partial charge in [0.25, 0.3) is 0 Å². The lowest BCUT2D eigenvalue weighted by atomic mass is 10.1. The Morgan fingerprint density at radius 3 is 1.75 bits per heavy atom. The summed E-state index contributed by atoms with van der Waals surface area (Å²) in [5, 5.41) is 0. The van der Waals surface area contributed by atoms with Crippen molar-refractivity contribution in [3.8, 4) is 0 Å². The van der Waals surface area contributed by atoms with E-state index in [1.165, 1.54) is 51.4 Å². The van der Waals surface area contributed by atoms with Crippen LogP contribution in [0.5, 0.6) is 0 Å². The largest absolute Gasteiger partial charge is 0.299 e. The fourth-order valence-electron chi connectivity index (χ4n) is 1.73. The third-order valence-electron chi connectivity index (χ3n) is 2.69. The van der Waals surface area contributed by atoms with Gasteiger partial charge in [0.15, 0.2) is 0 Å². The number of aldehydes is 1. The Morgan fingerprint density at radius 1 is 0.750 bits per heavy atom. The highest BCUT2D eigenvalue weighted by Gasteiger charge is 1.90. The molecular formula is C15H26O. The third-order valence-corrected chi connectivity index (χ3v) is 2.69. The van der Waals surface area contributed by atoms with Gasteiger partial charge in [-0.2, -0.15) is 0 Å². The van der Waals surface area contributed by atoms with Crippen LogP contribution in [0, 0.1) is 0 Å². The predicted octanol–water partition coefficient (Wildman–Crippen LogP) is 4.83. The average molecular weight is 222 g/mol. The molecular weight excluding hydrogens is 196 g/mol. The van der Waals surface area contributed by atoms with Crippen LogP contribution in [0.4, 0.5) is 0 Å². The van der Waals surface area contributed by atoms with E-state index in [1.54, 1.807) is 6.08 Å². The molecule has 0 heterocycles. The van der Waals surface area contributed by atoms with Gasteiger partial charge in [0.1, 0.15) is 6.29 Å². The molecule has 0 rings (SSSR count). The van der Waals surface area contributed by atoms with Crippen molar-refractivity contribution >= 4 is 6.29 Å². The number of allylic oxidation sites excluding steroid dienone is 4. The molecule has 16 heavy (non-hydrogen) atoms. The summed E-state index contributed by atoms with van der Waals surface area (Å²) in [7, 11) is 0. The Bertz CT molecular complexity index is 192. The van der Waals surface area contributed by atoms with Crippen molar-refractivity contribution in [1.29, 1.82) is 0 Å². The summed E-state index contributed by atoms with van der Waals surface area (Å²) >= 11 is 0. The molecule has 0 N–H and O–H groups in total. The van der Waals surface area contributed by atoms with Gasteiger partial charge in [0.2, 0.25) is 0 Å². The van der Waals surface area contributed by atoms with E-state index in [4.69, 9.17) is 0 Å². The van der Waals surface area contributed by atoms with Crippen LogP contribution in [0.25, 0.3) is 0 Å². The van der Waals surface area contributed by atoms with Crippen molar-refractivity contribution in [2.45, 2.75) is 64.7 Å². The van der Waals surface area contributed by atoms with Gasteiger partial charge in [-0.15, -0.1) is 0 Å². The topological polar surface area (TPSA) is 17.1 Å². The first-order valence-electron chi connectivity index (χ1n) is 6.63. The number of rotatable bonds is 11. The molecule has 0 aromatic carbocycles. The van der Waals surface area contributed by atoms with E-state index in [1.807, 2.05) is 6.08 Å². The van der Waals surface area contributed by atoms with Gasteiger partial charge in [0, 0.05) is 0 Å². The van der Waals surface area contributed by atoms with E-state index in [0.29, 0.717) is 0 Å². The Kier molecular flexibility index (Phi) is 13.4. The minimum Gasteiger partial charge on any atom is -0.299 e. The smallest absolute Gasteiger partial charge is 0.142 e. The van der Waals surface area contributed by atoms with Gasteiger partial charge in [-0.1, -0.05) is 50.3 Å². The lowest BCUT2D eigenvalue weighted by Gasteiger charge is -1.99. The minimum absolute atomic E-state index is 0.852. The molecule has 1 nitrogen and oxygen atoms in total. The monoisotopic (exact) mass is 222 g/mol. The highest BCUT2D eigenvalue weighted by molar-refractivity contribution is 5.64. The first-order valence-corrected chi connectivity index (χ1v) is 6.63. The highest BCUT2D eigenvalue weighted by atomic mass is 16.1. The number of carbonyl (C=O) groups excluding carboxylic acids is 1. The maximum atomic E-state index is 10.00. The van der Waals surface area contributed by atoms with Crippen LogP contribution in [0.15, 0.2) is 24.3 Å². The summed E-state index contributed by atoms with van der Waals surface area (Å²) < 4.78 is 0.